The first-order valence-corrected chi connectivity index (χ1v) is 7.71. The molecule has 0 radical (unpaired) electrons. The van der Waals surface area contributed by atoms with Crippen LogP contribution in [0, 0.1) is 6.92 Å². The first-order chi connectivity index (χ1) is 9.11. The van der Waals surface area contributed by atoms with E-state index in [9.17, 15) is 0 Å². The molecule has 2 heteroatoms. The fourth-order valence-corrected chi connectivity index (χ4v) is 2.58. The topological polar surface area (TPSA) is 15.3 Å². The van der Waals surface area contributed by atoms with Gasteiger partial charge < -0.3 is 10.2 Å². The van der Waals surface area contributed by atoms with Crippen LogP contribution in [0.5, 0.6) is 0 Å². The Labute approximate surface area is 118 Å². The summed E-state index contributed by atoms with van der Waals surface area (Å²) in [5, 5.41) is 3.56. The van der Waals surface area contributed by atoms with Gasteiger partial charge in [-0.05, 0) is 37.8 Å². The van der Waals surface area contributed by atoms with Crippen molar-refractivity contribution >= 4 is 5.69 Å². The summed E-state index contributed by atoms with van der Waals surface area (Å²) < 4.78 is 0. The van der Waals surface area contributed by atoms with Gasteiger partial charge in [0.1, 0.15) is 0 Å². The molecule has 0 aromatic heterocycles. The molecule has 1 aliphatic rings. The lowest BCUT2D eigenvalue weighted by molar-refractivity contribution is 0.587. The minimum Gasteiger partial charge on any atom is -0.368 e. The quantitative estimate of drug-likeness (QED) is 0.800. The SMILES string of the molecule is CCCN(c1ccc(C)cc1CNC(C)C)C1CC1. The largest absolute Gasteiger partial charge is 0.368 e. The summed E-state index contributed by atoms with van der Waals surface area (Å²) in [5.74, 6) is 0. The Hall–Kier alpha value is -1.02. The minimum atomic E-state index is 0.536. The smallest absolute Gasteiger partial charge is 0.0414 e. The Bertz CT molecular complexity index is 408. The molecular weight excluding hydrogens is 232 g/mol. The van der Waals surface area contributed by atoms with E-state index in [1.165, 1.54) is 42.6 Å². The van der Waals surface area contributed by atoms with Crippen LogP contribution in [0.25, 0.3) is 0 Å². The highest BCUT2D eigenvalue weighted by atomic mass is 15.2. The van der Waals surface area contributed by atoms with E-state index in [4.69, 9.17) is 0 Å². The maximum atomic E-state index is 3.56. The van der Waals surface area contributed by atoms with Crippen molar-refractivity contribution in [2.24, 2.45) is 0 Å². The van der Waals surface area contributed by atoms with E-state index in [2.05, 4.69) is 56.1 Å². The second-order valence-electron chi connectivity index (χ2n) is 6.09. The molecule has 0 bridgehead atoms. The number of hydrogen-bond donors (Lipinski definition) is 1. The van der Waals surface area contributed by atoms with E-state index in [1.807, 2.05) is 0 Å². The first-order valence-electron chi connectivity index (χ1n) is 7.71. The molecule has 1 aromatic rings. The zero-order valence-corrected chi connectivity index (χ0v) is 12.9. The van der Waals surface area contributed by atoms with E-state index >= 15 is 0 Å². The summed E-state index contributed by atoms with van der Waals surface area (Å²) in [6.45, 7) is 11.0. The zero-order valence-electron chi connectivity index (χ0n) is 12.9. The van der Waals surface area contributed by atoms with E-state index in [-0.39, 0.29) is 0 Å². The fourth-order valence-electron chi connectivity index (χ4n) is 2.58. The lowest BCUT2D eigenvalue weighted by Crippen LogP contribution is -2.29. The van der Waals surface area contributed by atoms with Crippen LogP contribution in [0.3, 0.4) is 0 Å². The second kappa shape index (κ2) is 6.42. The molecule has 1 saturated carbocycles. The van der Waals surface area contributed by atoms with E-state index in [1.54, 1.807) is 0 Å². The molecule has 2 nitrogen and oxygen atoms in total. The molecule has 1 aliphatic carbocycles. The zero-order chi connectivity index (χ0) is 13.8. The lowest BCUT2D eigenvalue weighted by Gasteiger charge is -2.27. The predicted octanol–water partition coefficient (Wildman–Crippen LogP) is 3.87. The van der Waals surface area contributed by atoms with Crippen LogP contribution in [0.15, 0.2) is 18.2 Å². The van der Waals surface area contributed by atoms with Gasteiger partial charge in [-0.1, -0.05) is 38.5 Å². The van der Waals surface area contributed by atoms with Gasteiger partial charge in [-0.15, -0.1) is 0 Å². The van der Waals surface area contributed by atoms with Crippen LogP contribution in [0.4, 0.5) is 5.69 Å². The van der Waals surface area contributed by atoms with Crippen molar-refractivity contribution in [1.29, 1.82) is 0 Å². The number of hydrogen-bond acceptors (Lipinski definition) is 2. The summed E-state index contributed by atoms with van der Waals surface area (Å²) >= 11 is 0. The molecule has 1 N–H and O–H groups in total. The fraction of sp³-hybridized carbons (Fsp3) is 0.647. The molecule has 0 aliphatic heterocycles. The van der Waals surface area contributed by atoms with Crippen LogP contribution in [0.2, 0.25) is 0 Å². The highest BCUT2D eigenvalue weighted by Crippen LogP contribution is 2.34. The number of nitrogens with one attached hydrogen (secondary N) is 1. The van der Waals surface area contributed by atoms with Crippen LogP contribution in [-0.2, 0) is 6.54 Å². The third-order valence-electron chi connectivity index (χ3n) is 3.70. The van der Waals surface area contributed by atoms with Gasteiger partial charge >= 0.3 is 0 Å². The molecule has 1 fully saturated rings. The predicted molar refractivity (Wildman–Crippen MR) is 83.8 cm³/mol. The number of benzene rings is 1. The van der Waals surface area contributed by atoms with Gasteiger partial charge in [-0.3, -0.25) is 0 Å². The second-order valence-corrected chi connectivity index (χ2v) is 6.09. The molecule has 0 amide bonds. The maximum absolute atomic E-state index is 3.56. The van der Waals surface area contributed by atoms with Crippen LogP contribution >= 0.6 is 0 Å². The van der Waals surface area contributed by atoms with Gasteiger partial charge in [0.15, 0.2) is 0 Å². The first kappa shape index (κ1) is 14.4. The van der Waals surface area contributed by atoms with E-state index in [0.717, 1.165) is 12.6 Å². The van der Waals surface area contributed by atoms with Crippen molar-refractivity contribution in [2.75, 3.05) is 11.4 Å². The Morgan fingerprint density at radius 2 is 2.05 bits per heavy atom. The summed E-state index contributed by atoms with van der Waals surface area (Å²) in [6, 6.07) is 8.24. The summed E-state index contributed by atoms with van der Waals surface area (Å²) in [7, 11) is 0. The number of nitrogens with zero attached hydrogens (tertiary/aromatic N) is 1. The van der Waals surface area contributed by atoms with Gasteiger partial charge in [0, 0.05) is 30.9 Å². The van der Waals surface area contributed by atoms with Gasteiger partial charge in [0.05, 0.1) is 0 Å². The van der Waals surface area contributed by atoms with Crippen molar-refractivity contribution in [2.45, 2.75) is 65.6 Å². The Morgan fingerprint density at radius 1 is 1.32 bits per heavy atom. The molecule has 19 heavy (non-hydrogen) atoms. The Balaban J connectivity index is 2.21. The Kier molecular flexibility index (Phi) is 4.87. The van der Waals surface area contributed by atoms with Crippen LogP contribution < -0.4 is 10.2 Å². The van der Waals surface area contributed by atoms with Crippen molar-refractivity contribution in [3.8, 4) is 0 Å². The van der Waals surface area contributed by atoms with E-state index in [0.29, 0.717) is 6.04 Å². The van der Waals surface area contributed by atoms with Gasteiger partial charge in [0.25, 0.3) is 0 Å². The molecule has 0 unspecified atom stereocenters. The van der Waals surface area contributed by atoms with Gasteiger partial charge in [0.2, 0.25) is 0 Å². The average Bonchev–Trinajstić information content (AvgIpc) is 3.18. The Morgan fingerprint density at radius 3 is 2.63 bits per heavy atom. The third-order valence-corrected chi connectivity index (χ3v) is 3.70. The molecule has 0 saturated heterocycles. The van der Waals surface area contributed by atoms with E-state index < -0.39 is 0 Å². The molecule has 2 rings (SSSR count). The highest BCUT2D eigenvalue weighted by molar-refractivity contribution is 5.56. The normalized spacial score (nSPS) is 15.0. The monoisotopic (exact) mass is 260 g/mol. The molecule has 106 valence electrons. The molecule has 0 heterocycles. The molecule has 0 atom stereocenters. The van der Waals surface area contributed by atoms with Gasteiger partial charge in [-0.2, -0.15) is 0 Å². The summed E-state index contributed by atoms with van der Waals surface area (Å²) in [6.07, 6.45) is 3.96. The number of aryl methyl sites for hydroxylation is 1. The maximum Gasteiger partial charge on any atom is 0.0414 e. The molecular formula is C17H28N2. The van der Waals surface area contributed by atoms with Crippen molar-refractivity contribution in [1.82, 2.24) is 5.32 Å². The van der Waals surface area contributed by atoms with Crippen molar-refractivity contribution < 1.29 is 0 Å². The third kappa shape index (κ3) is 3.97. The molecule has 1 aromatic carbocycles. The standard InChI is InChI=1S/C17H28N2/c1-5-10-19(16-7-8-16)17-9-6-14(4)11-15(17)12-18-13(2)3/h6,9,11,13,16,18H,5,7-8,10,12H2,1-4H3. The van der Waals surface area contributed by atoms with Crippen molar-refractivity contribution in [3.63, 3.8) is 0 Å². The number of anilines is 1. The van der Waals surface area contributed by atoms with Gasteiger partial charge in [-0.25, -0.2) is 0 Å². The van der Waals surface area contributed by atoms with Crippen molar-refractivity contribution in [3.05, 3.63) is 29.3 Å². The molecule has 0 spiro atoms. The minimum absolute atomic E-state index is 0.536. The average molecular weight is 260 g/mol. The highest BCUT2D eigenvalue weighted by Gasteiger charge is 2.29. The lowest BCUT2D eigenvalue weighted by atomic mass is 10.1. The summed E-state index contributed by atoms with van der Waals surface area (Å²) in [5.41, 5.74) is 4.26. The number of rotatable bonds is 7. The van der Waals surface area contributed by atoms with Crippen LogP contribution in [0.1, 0.15) is 51.2 Å². The van der Waals surface area contributed by atoms with Crippen LogP contribution in [-0.4, -0.2) is 18.6 Å². The summed E-state index contributed by atoms with van der Waals surface area (Å²) in [4.78, 5) is 2.62.